The van der Waals surface area contributed by atoms with Gasteiger partial charge in [-0.25, -0.2) is 4.79 Å². The van der Waals surface area contributed by atoms with Gasteiger partial charge >= 0.3 is 5.97 Å². The molecule has 1 heterocycles. The maximum atomic E-state index is 12.3. The van der Waals surface area contributed by atoms with E-state index in [1.165, 1.54) is 5.56 Å². The molecule has 1 aromatic heterocycles. The molecule has 0 saturated heterocycles. The number of nitrogens with zero attached hydrogens (tertiary/aromatic N) is 2. The van der Waals surface area contributed by atoms with Gasteiger partial charge in [-0.15, -0.1) is 0 Å². The van der Waals surface area contributed by atoms with Crippen molar-refractivity contribution in [2.75, 3.05) is 0 Å². The van der Waals surface area contributed by atoms with Crippen LogP contribution in [0.3, 0.4) is 0 Å². The van der Waals surface area contributed by atoms with Gasteiger partial charge in [0.2, 0.25) is 5.91 Å². The van der Waals surface area contributed by atoms with Crippen LogP contribution in [0.5, 0.6) is 0 Å². The van der Waals surface area contributed by atoms with Gasteiger partial charge in [0.25, 0.3) is 11.2 Å². The Morgan fingerprint density at radius 2 is 2.03 bits per heavy atom. The van der Waals surface area contributed by atoms with Crippen molar-refractivity contribution < 1.29 is 19.6 Å². The van der Waals surface area contributed by atoms with Crippen LogP contribution < -0.4 is 10.9 Å². The lowest BCUT2D eigenvalue weighted by Gasteiger charge is -2.28. The average molecular weight is 399 g/mol. The van der Waals surface area contributed by atoms with E-state index in [1.807, 2.05) is 24.3 Å². The predicted molar refractivity (Wildman–Crippen MR) is 104 cm³/mol. The monoisotopic (exact) mass is 399 g/mol. The summed E-state index contributed by atoms with van der Waals surface area (Å²) in [5, 5.41) is 22.9. The lowest BCUT2D eigenvalue weighted by atomic mass is 9.79. The van der Waals surface area contributed by atoms with Crippen molar-refractivity contribution in [1.82, 2.24) is 9.88 Å². The smallest absolute Gasteiger partial charge is 0.326 e. The maximum absolute atomic E-state index is 12.3. The molecule has 0 fully saturated rings. The Kier molecular flexibility index (Phi) is 6.06. The largest absolute Gasteiger partial charge is 0.480 e. The average Bonchev–Trinajstić information content (AvgIpc) is 2.69. The standard InChI is InChI=1S/C20H21N3O6/c24-18(12-22-11-15(23(28)29)8-9-19(22)25)21-17(20(26)27)10-14-6-3-5-13-4-1-2-7-16(13)14/h1-2,4,7-9,11,14,17H,3,5-6,10,12H2,(H,21,24)(H,26,27). The number of hydrogen-bond acceptors (Lipinski definition) is 5. The normalized spacial score (nSPS) is 16.5. The van der Waals surface area contributed by atoms with Gasteiger partial charge < -0.3 is 10.4 Å². The number of aromatic nitrogens is 1. The molecule has 2 aromatic rings. The van der Waals surface area contributed by atoms with Crippen LogP contribution in [-0.2, 0) is 22.6 Å². The molecule has 0 saturated carbocycles. The molecule has 1 amide bonds. The van der Waals surface area contributed by atoms with Gasteiger partial charge in [-0.1, -0.05) is 24.3 Å². The van der Waals surface area contributed by atoms with Crippen molar-refractivity contribution in [2.24, 2.45) is 0 Å². The molecule has 1 aromatic carbocycles. The minimum atomic E-state index is -1.16. The fourth-order valence-corrected chi connectivity index (χ4v) is 3.75. The summed E-state index contributed by atoms with van der Waals surface area (Å²) in [4.78, 5) is 46.1. The summed E-state index contributed by atoms with van der Waals surface area (Å²) in [6.45, 7) is -0.494. The Morgan fingerprint density at radius 3 is 2.76 bits per heavy atom. The summed E-state index contributed by atoms with van der Waals surface area (Å²) in [5.41, 5.74) is 1.39. The molecule has 3 rings (SSSR count). The zero-order valence-electron chi connectivity index (χ0n) is 15.6. The molecule has 2 atom stereocenters. The molecular formula is C20H21N3O6. The third-order valence-corrected chi connectivity index (χ3v) is 5.14. The van der Waals surface area contributed by atoms with Crippen molar-refractivity contribution >= 4 is 17.6 Å². The fraction of sp³-hybridized carbons (Fsp3) is 0.350. The van der Waals surface area contributed by atoms with Crippen LogP contribution in [0, 0.1) is 10.1 Å². The number of aryl methyl sites for hydroxylation is 1. The van der Waals surface area contributed by atoms with Gasteiger partial charge in [0.15, 0.2) is 0 Å². The zero-order chi connectivity index (χ0) is 21.0. The van der Waals surface area contributed by atoms with Crippen molar-refractivity contribution in [2.45, 2.75) is 44.2 Å². The van der Waals surface area contributed by atoms with Gasteiger partial charge in [-0.05, 0) is 42.7 Å². The molecule has 29 heavy (non-hydrogen) atoms. The third-order valence-electron chi connectivity index (χ3n) is 5.14. The molecule has 2 unspecified atom stereocenters. The fourth-order valence-electron chi connectivity index (χ4n) is 3.75. The number of pyridine rings is 1. The number of carboxylic acids is 1. The summed E-state index contributed by atoms with van der Waals surface area (Å²) in [6, 6.07) is 8.83. The number of amides is 1. The third kappa shape index (κ3) is 4.87. The quantitative estimate of drug-likeness (QED) is 0.539. The van der Waals surface area contributed by atoms with Gasteiger partial charge in [0.1, 0.15) is 12.6 Å². The SMILES string of the molecule is O=C(Cn1cc([N+](=O)[O-])ccc1=O)NC(CC1CCCc2ccccc21)C(=O)O. The minimum Gasteiger partial charge on any atom is -0.480 e. The second-order valence-electron chi connectivity index (χ2n) is 7.09. The molecule has 1 aliphatic rings. The predicted octanol–water partition coefficient (Wildman–Crippen LogP) is 1.84. The number of carboxylic acid groups (broad SMARTS) is 1. The van der Waals surface area contributed by atoms with Crippen molar-refractivity contribution in [3.05, 3.63) is 74.2 Å². The van der Waals surface area contributed by atoms with E-state index < -0.39 is 34.9 Å². The van der Waals surface area contributed by atoms with E-state index in [9.17, 15) is 29.6 Å². The summed E-state index contributed by atoms with van der Waals surface area (Å²) < 4.78 is 0.891. The number of benzene rings is 1. The lowest BCUT2D eigenvalue weighted by Crippen LogP contribution is -2.44. The number of nitro groups is 1. The molecule has 0 aliphatic heterocycles. The molecule has 0 spiro atoms. The van der Waals surface area contributed by atoms with E-state index >= 15 is 0 Å². The molecular weight excluding hydrogens is 378 g/mol. The summed E-state index contributed by atoms with van der Waals surface area (Å²) >= 11 is 0. The molecule has 1 aliphatic carbocycles. The van der Waals surface area contributed by atoms with Crippen molar-refractivity contribution in [1.29, 1.82) is 0 Å². The molecule has 9 heteroatoms. The first kappa shape index (κ1) is 20.2. The lowest BCUT2D eigenvalue weighted by molar-refractivity contribution is -0.385. The summed E-state index contributed by atoms with van der Waals surface area (Å²) in [6.07, 6.45) is 3.94. The number of aliphatic carboxylic acids is 1. The highest BCUT2D eigenvalue weighted by atomic mass is 16.6. The second kappa shape index (κ2) is 8.68. The van der Waals surface area contributed by atoms with Crippen molar-refractivity contribution in [3.63, 3.8) is 0 Å². The maximum Gasteiger partial charge on any atom is 0.326 e. The number of hydrogen-bond donors (Lipinski definition) is 2. The van der Waals surface area contributed by atoms with Crippen LogP contribution in [0.4, 0.5) is 5.69 Å². The Hall–Kier alpha value is -3.49. The highest BCUT2D eigenvalue weighted by Crippen LogP contribution is 2.34. The minimum absolute atomic E-state index is 0.0156. The number of carbonyl (C=O) groups excluding carboxylic acids is 1. The first-order chi connectivity index (χ1) is 13.8. The first-order valence-electron chi connectivity index (χ1n) is 9.30. The Labute approximate surface area is 166 Å². The van der Waals surface area contributed by atoms with Gasteiger partial charge in [0, 0.05) is 12.1 Å². The molecule has 0 bridgehead atoms. The van der Waals surface area contributed by atoms with Gasteiger partial charge in [-0.2, -0.15) is 0 Å². The van der Waals surface area contributed by atoms with E-state index in [-0.39, 0.29) is 18.0 Å². The van der Waals surface area contributed by atoms with Crippen LogP contribution in [0.25, 0.3) is 0 Å². The molecule has 9 nitrogen and oxygen atoms in total. The number of rotatable bonds is 7. The molecule has 0 radical (unpaired) electrons. The van der Waals surface area contributed by atoms with E-state index in [1.54, 1.807) is 0 Å². The van der Waals surface area contributed by atoms with E-state index in [0.717, 1.165) is 47.7 Å². The second-order valence-corrected chi connectivity index (χ2v) is 7.09. The molecule has 152 valence electrons. The van der Waals surface area contributed by atoms with Crippen LogP contribution in [0.2, 0.25) is 0 Å². The van der Waals surface area contributed by atoms with E-state index in [4.69, 9.17) is 0 Å². The number of carbonyl (C=O) groups is 2. The number of fused-ring (bicyclic) bond motifs is 1. The van der Waals surface area contributed by atoms with Crippen LogP contribution >= 0.6 is 0 Å². The van der Waals surface area contributed by atoms with E-state index in [2.05, 4.69) is 5.32 Å². The molecule has 2 N–H and O–H groups in total. The Bertz CT molecular complexity index is 1000. The highest BCUT2D eigenvalue weighted by molar-refractivity contribution is 5.83. The highest BCUT2D eigenvalue weighted by Gasteiger charge is 2.28. The van der Waals surface area contributed by atoms with Crippen LogP contribution in [0.15, 0.2) is 47.4 Å². The summed E-state index contributed by atoms with van der Waals surface area (Å²) in [5.74, 6) is -1.83. The van der Waals surface area contributed by atoms with Gasteiger partial charge in [-0.3, -0.25) is 24.3 Å². The Morgan fingerprint density at radius 1 is 1.28 bits per heavy atom. The van der Waals surface area contributed by atoms with Gasteiger partial charge in [0.05, 0.1) is 11.1 Å². The zero-order valence-corrected chi connectivity index (χ0v) is 15.6. The first-order valence-corrected chi connectivity index (χ1v) is 9.30. The van der Waals surface area contributed by atoms with Crippen LogP contribution in [-0.4, -0.2) is 32.5 Å². The number of nitrogens with one attached hydrogen (secondary N) is 1. The summed E-state index contributed by atoms with van der Waals surface area (Å²) in [7, 11) is 0. The van der Waals surface area contributed by atoms with Crippen LogP contribution in [0.1, 0.15) is 36.3 Å². The Balaban J connectivity index is 1.71. The van der Waals surface area contributed by atoms with E-state index in [0.29, 0.717) is 0 Å². The van der Waals surface area contributed by atoms with Crippen molar-refractivity contribution in [3.8, 4) is 0 Å². The topological polar surface area (TPSA) is 132 Å².